The van der Waals surface area contributed by atoms with E-state index >= 15 is 0 Å². The Balaban J connectivity index is 2.28. The van der Waals surface area contributed by atoms with E-state index in [1.165, 1.54) is 19.4 Å². The van der Waals surface area contributed by atoms with Gasteiger partial charge in [0.25, 0.3) is 0 Å². The van der Waals surface area contributed by atoms with Crippen molar-refractivity contribution < 1.29 is 29.6 Å². The molecule has 0 aliphatic carbocycles. The van der Waals surface area contributed by atoms with Gasteiger partial charge in [-0.1, -0.05) is 0 Å². The summed E-state index contributed by atoms with van der Waals surface area (Å²) in [6.07, 6.45) is 0. The Hall–Kier alpha value is -2.18. The molecule has 0 aromatic heterocycles. The van der Waals surface area contributed by atoms with Crippen molar-refractivity contribution in [2.45, 2.75) is 52.4 Å². The van der Waals surface area contributed by atoms with E-state index in [0.717, 1.165) is 38.9 Å². The maximum absolute atomic E-state index is 11.1. The van der Waals surface area contributed by atoms with Crippen molar-refractivity contribution in [3.63, 3.8) is 0 Å². The first kappa shape index (κ1) is 22.5. The zero-order chi connectivity index (χ0) is 22.3. The monoisotopic (exact) mass is 570 g/mol. The third-order valence-corrected chi connectivity index (χ3v) is 6.34. The molecule has 0 atom stereocenters. The molecular formula is C27H30O2W. The fourth-order valence-corrected chi connectivity index (χ4v) is 4.81. The van der Waals surface area contributed by atoms with Gasteiger partial charge in [-0.15, -0.1) is 0 Å². The minimum atomic E-state index is -0.154. The van der Waals surface area contributed by atoms with Gasteiger partial charge in [-0.3, -0.25) is 0 Å². The molecule has 156 valence electrons. The van der Waals surface area contributed by atoms with Gasteiger partial charge in [0.05, 0.1) is 0 Å². The van der Waals surface area contributed by atoms with Crippen molar-refractivity contribution in [2.24, 2.45) is 0 Å². The van der Waals surface area contributed by atoms with E-state index in [1.54, 1.807) is 0 Å². The van der Waals surface area contributed by atoms with Crippen molar-refractivity contribution >= 4 is 4.40 Å². The standard InChI is InChI=1S/C27H30O2.W/c1-17-18(20-13-9-15-22(24(20)28)26(2,3)4)11-8-12-19(17)21-14-10-16-23(25(21)29)27(5,6)7;/h1,8-16,28-29H,2-7H3;. The topological polar surface area (TPSA) is 40.5 Å². The van der Waals surface area contributed by atoms with Crippen LogP contribution in [0.2, 0.25) is 0 Å². The Bertz CT molecular complexity index is 1020. The number of hydrogen-bond acceptors (Lipinski definition) is 2. The van der Waals surface area contributed by atoms with Crippen molar-refractivity contribution in [1.82, 2.24) is 0 Å². The third-order valence-electron chi connectivity index (χ3n) is 5.49. The van der Waals surface area contributed by atoms with Crippen LogP contribution >= 0.6 is 0 Å². The van der Waals surface area contributed by atoms with E-state index in [1.807, 2.05) is 54.6 Å². The summed E-state index contributed by atoms with van der Waals surface area (Å²) >= 11 is 1.32. The van der Waals surface area contributed by atoms with Gasteiger partial charge in [0.1, 0.15) is 0 Å². The van der Waals surface area contributed by atoms with Crippen LogP contribution in [0.5, 0.6) is 11.5 Å². The third kappa shape index (κ3) is 4.16. The summed E-state index contributed by atoms with van der Waals surface area (Å²) < 4.78 is 2.14. The van der Waals surface area contributed by atoms with Gasteiger partial charge in [0, 0.05) is 0 Å². The number of phenolic OH excluding ortho intramolecular Hbond substituents is 2. The molecule has 0 radical (unpaired) electrons. The molecule has 0 bridgehead atoms. The molecule has 0 saturated heterocycles. The Kier molecular flexibility index (Phi) is 6.12. The van der Waals surface area contributed by atoms with Crippen LogP contribution in [-0.2, 0) is 30.2 Å². The number of benzene rings is 3. The van der Waals surface area contributed by atoms with Crippen molar-refractivity contribution in [2.75, 3.05) is 0 Å². The molecule has 30 heavy (non-hydrogen) atoms. The van der Waals surface area contributed by atoms with Crippen LogP contribution in [0.25, 0.3) is 22.3 Å². The Morgan fingerprint density at radius 2 is 0.933 bits per heavy atom. The molecule has 3 aromatic carbocycles. The van der Waals surface area contributed by atoms with Crippen molar-refractivity contribution in [1.29, 1.82) is 0 Å². The van der Waals surface area contributed by atoms with Gasteiger partial charge in [0.15, 0.2) is 0 Å². The van der Waals surface area contributed by atoms with Gasteiger partial charge in [-0.05, 0) is 0 Å². The summed E-state index contributed by atoms with van der Waals surface area (Å²) in [7, 11) is 0. The summed E-state index contributed by atoms with van der Waals surface area (Å²) in [6.45, 7) is 12.6. The van der Waals surface area contributed by atoms with Crippen LogP contribution in [0.4, 0.5) is 0 Å². The molecule has 0 heterocycles. The van der Waals surface area contributed by atoms with Gasteiger partial charge in [-0.25, -0.2) is 0 Å². The average molecular weight is 570 g/mol. The second kappa shape index (κ2) is 8.16. The minimum absolute atomic E-state index is 0.154. The SMILES string of the molecule is CC(C)(C)c1cccc(-c2cccc(-c3cccc(C(C)(C)C)c3O)c2[CH]=[W])c1O. The second-order valence-electron chi connectivity index (χ2n) is 9.79. The van der Waals surface area contributed by atoms with Gasteiger partial charge in [-0.2, -0.15) is 0 Å². The first-order valence-corrected chi connectivity index (χ1v) is 11.9. The molecular weight excluding hydrogens is 540 g/mol. The van der Waals surface area contributed by atoms with Crippen LogP contribution in [0.15, 0.2) is 54.6 Å². The van der Waals surface area contributed by atoms with Crippen LogP contribution < -0.4 is 0 Å². The molecule has 3 rings (SSSR count). The molecule has 0 saturated carbocycles. The van der Waals surface area contributed by atoms with E-state index in [0.29, 0.717) is 11.5 Å². The van der Waals surface area contributed by atoms with Crippen LogP contribution in [0.3, 0.4) is 0 Å². The summed E-state index contributed by atoms with van der Waals surface area (Å²) in [5.41, 5.74) is 6.19. The van der Waals surface area contributed by atoms with Crippen LogP contribution in [0, 0.1) is 0 Å². The zero-order valence-electron chi connectivity index (χ0n) is 18.6. The van der Waals surface area contributed by atoms with E-state index in [4.69, 9.17) is 0 Å². The predicted octanol–water partition coefficient (Wildman–Crippen LogP) is 6.72. The van der Waals surface area contributed by atoms with Gasteiger partial charge in [0.2, 0.25) is 0 Å². The molecule has 0 unspecified atom stereocenters. The number of hydrogen-bond donors (Lipinski definition) is 2. The fourth-order valence-electron chi connectivity index (χ4n) is 3.89. The molecule has 0 fully saturated rings. The molecule has 3 aromatic rings. The number of phenols is 2. The maximum atomic E-state index is 11.1. The first-order chi connectivity index (χ1) is 14.0. The molecule has 0 amide bonds. The summed E-state index contributed by atoms with van der Waals surface area (Å²) in [4.78, 5) is 0. The normalized spacial score (nSPS) is 12.1. The van der Waals surface area contributed by atoms with Crippen LogP contribution in [0.1, 0.15) is 58.2 Å². The Morgan fingerprint density at radius 3 is 1.27 bits per heavy atom. The summed E-state index contributed by atoms with van der Waals surface area (Å²) in [6, 6.07) is 18.0. The number of para-hydroxylation sites is 2. The molecule has 2 nitrogen and oxygen atoms in total. The van der Waals surface area contributed by atoms with E-state index in [-0.39, 0.29) is 10.8 Å². The Morgan fingerprint density at radius 1 is 0.600 bits per heavy atom. The number of aromatic hydroxyl groups is 2. The van der Waals surface area contributed by atoms with Crippen molar-refractivity contribution in [3.8, 4) is 33.8 Å². The van der Waals surface area contributed by atoms with E-state index < -0.39 is 0 Å². The molecule has 0 spiro atoms. The zero-order valence-corrected chi connectivity index (χ0v) is 21.5. The second-order valence-corrected chi connectivity index (χ2v) is 10.6. The average Bonchev–Trinajstić information content (AvgIpc) is 2.66. The van der Waals surface area contributed by atoms with Crippen molar-refractivity contribution in [3.05, 3.63) is 71.3 Å². The van der Waals surface area contributed by atoms with E-state index in [2.05, 4.69) is 45.9 Å². The number of rotatable bonds is 3. The first-order valence-electron chi connectivity index (χ1n) is 10.2. The van der Waals surface area contributed by atoms with Gasteiger partial charge >= 0.3 is 191 Å². The summed E-state index contributed by atoms with van der Waals surface area (Å²) in [5.74, 6) is 0.654. The molecule has 0 aliphatic heterocycles. The van der Waals surface area contributed by atoms with E-state index in [9.17, 15) is 10.2 Å². The molecule has 2 N–H and O–H groups in total. The fraction of sp³-hybridized carbons (Fsp3) is 0.296. The molecule has 0 aliphatic rings. The predicted molar refractivity (Wildman–Crippen MR) is 123 cm³/mol. The van der Waals surface area contributed by atoms with Gasteiger partial charge < -0.3 is 0 Å². The molecule has 3 heteroatoms. The summed E-state index contributed by atoms with van der Waals surface area (Å²) in [5, 5.41) is 22.2. The quantitative estimate of drug-likeness (QED) is 0.367. The Labute approximate surface area is 191 Å². The van der Waals surface area contributed by atoms with Crippen LogP contribution in [-0.4, -0.2) is 14.6 Å².